The Morgan fingerprint density at radius 3 is 2.35 bits per heavy atom. The lowest BCUT2D eigenvalue weighted by atomic mass is 9.90. The van der Waals surface area contributed by atoms with Crippen LogP contribution in [-0.4, -0.2) is 37.3 Å². The van der Waals surface area contributed by atoms with Crippen LogP contribution in [0.2, 0.25) is 0 Å². The third kappa shape index (κ3) is 4.22. The molecule has 1 heterocycles. The van der Waals surface area contributed by atoms with Gasteiger partial charge in [-0.3, -0.25) is 4.79 Å². The van der Waals surface area contributed by atoms with E-state index in [1.54, 1.807) is 0 Å². The van der Waals surface area contributed by atoms with Crippen molar-refractivity contribution < 1.29 is 13.2 Å². The van der Waals surface area contributed by atoms with Gasteiger partial charge in [0, 0.05) is 24.6 Å². The highest BCUT2D eigenvalue weighted by Gasteiger charge is 2.32. The molecule has 0 bridgehead atoms. The van der Waals surface area contributed by atoms with Gasteiger partial charge in [0.15, 0.2) is 5.78 Å². The molecule has 5 heteroatoms. The molecule has 0 unspecified atom stereocenters. The third-order valence-electron chi connectivity index (χ3n) is 4.89. The summed E-state index contributed by atoms with van der Waals surface area (Å²) in [5.74, 6) is -0.0568. The second-order valence-corrected chi connectivity index (χ2v) is 8.91. The normalized spacial score (nSPS) is 18.6. The molecule has 26 heavy (non-hydrogen) atoms. The van der Waals surface area contributed by atoms with E-state index in [1.807, 2.05) is 61.5 Å². The summed E-state index contributed by atoms with van der Waals surface area (Å²) in [5.41, 5.74) is 2.84. The van der Waals surface area contributed by atoms with Gasteiger partial charge in [-0.15, -0.1) is 0 Å². The van der Waals surface area contributed by atoms with E-state index in [9.17, 15) is 13.2 Å². The van der Waals surface area contributed by atoms with E-state index in [-0.39, 0.29) is 17.5 Å². The Balaban J connectivity index is 1.72. The first-order valence-electron chi connectivity index (χ1n) is 9.19. The average molecular weight is 372 g/mol. The molecular formula is C21H25NO3S. The second-order valence-electron chi connectivity index (χ2n) is 6.82. The van der Waals surface area contributed by atoms with Crippen molar-refractivity contribution in [3.8, 4) is 11.1 Å². The van der Waals surface area contributed by atoms with Crippen molar-refractivity contribution in [2.45, 2.75) is 26.2 Å². The molecule has 0 saturated carbocycles. The molecule has 0 spiro atoms. The van der Waals surface area contributed by atoms with Crippen molar-refractivity contribution in [1.29, 1.82) is 0 Å². The Hall–Kier alpha value is -1.98. The number of rotatable bonds is 6. The first-order chi connectivity index (χ1) is 12.5. The lowest BCUT2D eigenvalue weighted by Gasteiger charge is -2.31. The fourth-order valence-electron chi connectivity index (χ4n) is 3.49. The first-order valence-corrected chi connectivity index (χ1v) is 10.8. The van der Waals surface area contributed by atoms with Crippen LogP contribution in [0.3, 0.4) is 0 Å². The molecule has 4 nitrogen and oxygen atoms in total. The molecule has 1 fully saturated rings. The maximum Gasteiger partial charge on any atom is 0.214 e. The summed E-state index contributed by atoms with van der Waals surface area (Å²) in [7, 11) is -3.24. The third-order valence-corrected chi connectivity index (χ3v) is 6.93. The highest BCUT2D eigenvalue weighted by Crippen LogP contribution is 2.25. The van der Waals surface area contributed by atoms with Crippen LogP contribution >= 0.6 is 0 Å². The van der Waals surface area contributed by atoms with Crippen LogP contribution < -0.4 is 0 Å². The summed E-state index contributed by atoms with van der Waals surface area (Å²) < 4.78 is 26.1. The number of sulfonamides is 1. The molecule has 0 aromatic heterocycles. The number of piperidine rings is 1. The van der Waals surface area contributed by atoms with Crippen molar-refractivity contribution in [3.05, 3.63) is 60.2 Å². The quantitative estimate of drug-likeness (QED) is 0.722. The molecule has 1 atom stereocenters. The van der Waals surface area contributed by atoms with Crippen LogP contribution in [0.4, 0.5) is 0 Å². The average Bonchev–Trinajstić information content (AvgIpc) is 2.68. The molecule has 0 radical (unpaired) electrons. The number of carbonyl (C=O) groups is 1. The molecule has 3 rings (SSSR count). The van der Waals surface area contributed by atoms with E-state index in [1.165, 1.54) is 4.31 Å². The van der Waals surface area contributed by atoms with Crippen molar-refractivity contribution in [1.82, 2.24) is 4.31 Å². The number of carbonyl (C=O) groups excluding carboxylic acids is 1. The minimum absolute atomic E-state index is 0.0426. The predicted molar refractivity (Wildman–Crippen MR) is 105 cm³/mol. The van der Waals surface area contributed by atoms with E-state index >= 15 is 0 Å². The summed E-state index contributed by atoms with van der Waals surface area (Å²) in [4.78, 5) is 12.9. The standard InChI is InChI=1S/C21H25NO3S/c1-2-15-26(24,25)22-14-6-9-20(16-22)21(23)19-12-10-18(11-13-19)17-7-4-3-5-8-17/h3-5,7-8,10-13,20H,2,6,9,14-16H2,1H3/t20-/m0/s1. The first kappa shape index (κ1) is 18.8. The number of nitrogens with zero attached hydrogens (tertiary/aromatic N) is 1. The molecule has 138 valence electrons. The Labute approximate surface area is 155 Å². The predicted octanol–water partition coefficient (Wildman–Crippen LogP) is 3.99. The smallest absolute Gasteiger partial charge is 0.214 e. The zero-order chi connectivity index (χ0) is 18.6. The summed E-state index contributed by atoms with van der Waals surface area (Å²) in [6.07, 6.45) is 2.08. The Morgan fingerprint density at radius 1 is 1.04 bits per heavy atom. The zero-order valence-electron chi connectivity index (χ0n) is 15.1. The highest BCUT2D eigenvalue weighted by atomic mass is 32.2. The fraction of sp³-hybridized carbons (Fsp3) is 0.381. The van der Waals surface area contributed by atoms with Gasteiger partial charge in [-0.25, -0.2) is 12.7 Å². The lowest BCUT2D eigenvalue weighted by Crippen LogP contribution is -2.43. The summed E-state index contributed by atoms with van der Waals surface area (Å²) in [6, 6.07) is 17.6. The van der Waals surface area contributed by atoms with E-state index < -0.39 is 10.0 Å². The Morgan fingerprint density at radius 2 is 1.69 bits per heavy atom. The van der Waals surface area contributed by atoms with Gasteiger partial charge in [0.25, 0.3) is 0 Å². The molecule has 0 N–H and O–H groups in total. The lowest BCUT2D eigenvalue weighted by molar-refractivity contribution is 0.0872. The minimum atomic E-state index is -3.24. The molecule has 1 aliphatic heterocycles. The number of ketones is 1. The van der Waals surface area contributed by atoms with Gasteiger partial charge >= 0.3 is 0 Å². The number of benzene rings is 2. The van der Waals surface area contributed by atoms with Crippen LogP contribution in [-0.2, 0) is 10.0 Å². The SMILES string of the molecule is CCCS(=O)(=O)N1CCC[C@H](C(=O)c2ccc(-c3ccccc3)cc2)C1. The Kier molecular flexibility index (Phi) is 5.89. The van der Waals surface area contributed by atoms with E-state index in [0.717, 1.165) is 24.0 Å². The minimum Gasteiger partial charge on any atom is -0.294 e. The summed E-state index contributed by atoms with van der Waals surface area (Å²) in [5, 5.41) is 0. The topological polar surface area (TPSA) is 54.5 Å². The van der Waals surface area contributed by atoms with Gasteiger partial charge in [-0.2, -0.15) is 0 Å². The van der Waals surface area contributed by atoms with Gasteiger partial charge in [0.05, 0.1) is 5.75 Å². The Bertz CT molecular complexity index is 845. The van der Waals surface area contributed by atoms with Gasteiger partial charge in [0.2, 0.25) is 10.0 Å². The summed E-state index contributed by atoms with van der Waals surface area (Å²) in [6.45, 7) is 2.69. The number of Topliss-reactive ketones (excluding diaryl/α,β-unsaturated/α-hetero) is 1. The largest absolute Gasteiger partial charge is 0.294 e. The van der Waals surface area contributed by atoms with Crippen LogP contribution in [0.25, 0.3) is 11.1 Å². The van der Waals surface area contributed by atoms with Gasteiger partial charge in [-0.1, -0.05) is 61.5 Å². The van der Waals surface area contributed by atoms with Crippen molar-refractivity contribution in [2.24, 2.45) is 5.92 Å². The molecule has 0 amide bonds. The van der Waals surface area contributed by atoms with Crippen molar-refractivity contribution >= 4 is 15.8 Å². The van der Waals surface area contributed by atoms with Crippen LogP contribution in [0.15, 0.2) is 54.6 Å². The zero-order valence-corrected chi connectivity index (χ0v) is 15.9. The van der Waals surface area contributed by atoms with E-state index in [2.05, 4.69) is 0 Å². The van der Waals surface area contributed by atoms with E-state index in [4.69, 9.17) is 0 Å². The molecule has 1 saturated heterocycles. The van der Waals surface area contributed by atoms with Gasteiger partial charge in [0.1, 0.15) is 0 Å². The van der Waals surface area contributed by atoms with Gasteiger partial charge in [-0.05, 0) is 30.4 Å². The number of hydrogen-bond acceptors (Lipinski definition) is 3. The number of hydrogen-bond donors (Lipinski definition) is 0. The van der Waals surface area contributed by atoms with Crippen LogP contribution in [0.1, 0.15) is 36.5 Å². The molecule has 0 aliphatic carbocycles. The van der Waals surface area contributed by atoms with Gasteiger partial charge < -0.3 is 0 Å². The molecule has 2 aromatic carbocycles. The maximum atomic E-state index is 12.9. The van der Waals surface area contributed by atoms with Crippen molar-refractivity contribution in [3.63, 3.8) is 0 Å². The maximum absolute atomic E-state index is 12.9. The van der Waals surface area contributed by atoms with Crippen LogP contribution in [0, 0.1) is 5.92 Å². The fourth-order valence-corrected chi connectivity index (χ4v) is 5.08. The molecular weight excluding hydrogens is 346 g/mol. The van der Waals surface area contributed by atoms with E-state index in [0.29, 0.717) is 25.1 Å². The monoisotopic (exact) mass is 371 g/mol. The van der Waals surface area contributed by atoms with Crippen LogP contribution in [0.5, 0.6) is 0 Å². The highest BCUT2D eigenvalue weighted by molar-refractivity contribution is 7.89. The van der Waals surface area contributed by atoms with Crippen molar-refractivity contribution in [2.75, 3.05) is 18.8 Å². The summed E-state index contributed by atoms with van der Waals surface area (Å²) >= 11 is 0. The second kappa shape index (κ2) is 8.14. The molecule has 2 aromatic rings. The molecule has 1 aliphatic rings.